The number of nitrogens with zero attached hydrogens (tertiary/aromatic N) is 3. The summed E-state index contributed by atoms with van der Waals surface area (Å²) >= 11 is -2.65. The van der Waals surface area contributed by atoms with Crippen LogP contribution < -0.4 is 0 Å². The molecule has 5 nitrogen and oxygen atoms in total. The van der Waals surface area contributed by atoms with Gasteiger partial charge in [-0.2, -0.15) is 0 Å². The summed E-state index contributed by atoms with van der Waals surface area (Å²) in [6.07, 6.45) is -4.92. The van der Waals surface area contributed by atoms with Crippen molar-refractivity contribution in [2.75, 3.05) is 46.4 Å². The van der Waals surface area contributed by atoms with Crippen molar-refractivity contribution in [2.24, 2.45) is 5.92 Å². The fourth-order valence-electron chi connectivity index (χ4n) is 5.25. The molecule has 2 fully saturated rings. The van der Waals surface area contributed by atoms with Crippen molar-refractivity contribution in [1.29, 1.82) is 0 Å². The predicted octanol–water partition coefficient (Wildman–Crippen LogP) is 7.17. The van der Waals surface area contributed by atoms with Gasteiger partial charge >= 0.3 is 251 Å². The van der Waals surface area contributed by atoms with Gasteiger partial charge in [-0.1, -0.05) is 0 Å². The van der Waals surface area contributed by atoms with E-state index in [2.05, 4.69) is 8.01 Å². The van der Waals surface area contributed by atoms with Crippen LogP contribution in [0.15, 0.2) is 48.5 Å². The van der Waals surface area contributed by atoms with Crippen LogP contribution in [0.2, 0.25) is 0 Å². The summed E-state index contributed by atoms with van der Waals surface area (Å²) < 4.78 is 83.1. The number of benzene rings is 2. The Hall–Kier alpha value is -1.90. The Labute approximate surface area is 250 Å². The monoisotopic (exact) mass is 713 g/mol. The first-order valence-electron chi connectivity index (χ1n) is 14.2. The zero-order valence-corrected chi connectivity index (χ0v) is 25.8. The summed E-state index contributed by atoms with van der Waals surface area (Å²) in [4.78, 5) is 17.8. The van der Waals surface area contributed by atoms with Gasteiger partial charge in [-0.05, 0) is 0 Å². The van der Waals surface area contributed by atoms with Crippen molar-refractivity contribution in [2.45, 2.75) is 56.9 Å². The van der Waals surface area contributed by atoms with Crippen LogP contribution >= 0.6 is 20.1 Å². The molecular weight excluding hydrogens is 675 g/mol. The minimum atomic E-state index is -4.91. The zero-order valence-electron chi connectivity index (χ0n) is 23.6. The quantitative estimate of drug-likeness (QED) is 0.0834. The summed E-state index contributed by atoms with van der Waals surface area (Å²) in [5.74, 6) is 0.730. The number of carbonyl (C=O) groups is 1. The first-order chi connectivity index (χ1) is 19.9. The number of hydrogen-bond acceptors (Lipinski definition) is 4. The Morgan fingerprint density at radius 3 is 2.05 bits per heavy atom. The van der Waals surface area contributed by atoms with Crippen LogP contribution in [0, 0.1) is 9.49 Å². The van der Waals surface area contributed by atoms with Gasteiger partial charge in [-0.25, -0.2) is 0 Å². The van der Waals surface area contributed by atoms with Crippen LogP contribution in [-0.4, -0.2) is 74.4 Å². The van der Waals surface area contributed by atoms with E-state index in [-0.39, 0.29) is 35.1 Å². The van der Waals surface area contributed by atoms with E-state index >= 15 is 0 Å². The number of rotatable bonds is 12. The van der Waals surface area contributed by atoms with Crippen LogP contribution in [0.5, 0.6) is 0 Å². The number of alkyl halides is 6. The maximum atomic E-state index is 13.9. The van der Waals surface area contributed by atoms with Gasteiger partial charge < -0.3 is 0 Å². The maximum absolute atomic E-state index is 13.9. The van der Waals surface area contributed by atoms with E-state index < -0.39 is 43.6 Å². The number of likely N-dealkylation sites (N-methyl/N-ethyl adjacent to an activating group) is 1. The van der Waals surface area contributed by atoms with E-state index in [4.69, 9.17) is 0 Å². The van der Waals surface area contributed by atoms with Crippen LogP contribution in [-0.2, 0) is 18.8 Å². The van der Waals surface area contributed by atoms with Crippen LogP contribution in [0.1, 0.15) is 48.8 Å². The normalized spacial score (nSPS) is 17.5. The molecule has 0 atom stereocenters. The van der Waals surface area contributed by atoms with Crippen molar-refractivity contribution in [3.63, 3.8) is 0 Å². The molecule has 2 aliphatic rings. The first kappa shape index (κ1) is 33.0. The molecule has 1 saturated carbocycles. The molecule has 1 amide bonds. The van der Waals surface area contributed by atoms with E-state index in [9.17, 15) is 36.2 Å². The SMILES string of the molecule is CN(CCc1cc(C(F)(F)F)cc(C(F)(F)F)c1)C(=O)I(c1ccccc1)N1CCC(N(CCCO)CC2CC2)CC1. The van der Waals surface area contributed by atoms with Crippen molar-refractivity contribution in [1.82, 2.24) is 12.9 Å². The second-order valence-electron chi connectivity index (χ2n) is 11.1. The molecule has 1 aliphatic heterocycles. The zero-order chi connectivity index (χ0) is 30.5. The molecule has 1 saturated heterocycles. The Bertz CT molecular complexity index is 1140. The van der Waals surface area contributed by atoms with E-state index in [1.807, 2.05) is 30.3 Å². The summed E-state index contributed by atoms with van der Waals surface area (Å²) in [6.45, 7) is 3.54. The van der Waals surface area contributed by atoms with E-state index in [1.165, 1.54) is 17.7 Å². The molecule has 1 N–H and O–H groups in total. The van der Waals surface area contributed by atoms with Crippen LogP contribution in [0.25, 0.3) is 0 Å². The molecule has 42 heavy (non-hydrogen) atoms. The Morgan fingerprint density at radius 1 is 0.929 bits per heavy atom. The molecule has 12 heteroatoms. The number of hydrogen-bond donors (Lipinski definition) is 1. The van der Waals surface area contributed by atoms with Gasteiger partial charge in [0, 0.05) is 0 Å². The standard InChI is InChI=1S/C30H38F6IN3O2/c1-38(14-10-23-18-24(29(31,32)33)20-25(19-23)30(34,35)36)28(42)37(26-6-3-2-4-7-26)40-15-11-27(12-16-40)39(13-5-17-41)21-22-8-9-22/h2-4,6-7,18-20,22,27,41H,5,8-17,21H2,1H3. The number of aliphatic hydroxyl groups is 1. The summed E-state index contributed by atoms with van der Waals surface area (Å²) in [7, 11) is 1.58. The average Bonchev–Trinajstić information content (AvgIpc) is 3.78. The van der Waals surface area contributed by atoms with Gasteiger partial charge in [0.05, 0.1) is 0 Å². The first-order valence-corrected chi connectivity index (χ1v) is 17.4. The molecule has 0 radical (unpaired) electrons. The summed E-state index contributed by atoms with van der Waals surface area (Å²) in [5, 5.41) is 9.36. The molecule has 1 aliphatic carbocycles. The number of halogens is 7. The van der Waals surface area contributed by atoms with Gasteiger partial charge in [-0.15, -0.1) is 0 Å². The molecule has 1 heterocycles. The molecule has 0 spiro atoms. The number of amides is 1. The Balaban J connectivity index is 1.46. The van der Waals surface area contributed by atoms with E-state index in [0.29, 0.717) is 6.04 Å². The van der Waals surface area contributed by atoms with Crippen molar-refractivity contribution < 1.29 is 36.2 Å². The summed E-state index contributed by atoms with van der Waals surface area (Å²) in [6, 6.07) is 11.5. The third-order valence-electron chi connectivity index (χ3n) is 7.73. The molecule has 0 bridgehead atoms. The topological polar surface area (TPSA) is 47.0 Å². The average molecular weight is 714 g/mol. The molecule has 2 aromatic rings. The summed E-state index contributed by atoms with van der Waals surface area (Å²) in [5.41, 5.74) is -2.82. The fraction of sp³-hybridized carbons (Fsp3) is 0.567. The van der Waals surface area contributed by atoms with Gasteiger partial charge in [0.2, 0.25) is 0 Å². The predicted molar refractivity (Wildman–Crippen MR) is 158 cm³/mol. The van der Waals surface area contributed by atoms with Crippen LogP contribution in [0.4, 0.5) is 31.1 Å². The fourth-order valence-corrected chi connectivity index (χ4v) is 10.8. The van der Waals surface area contributed by atoms with Gasteiger partial charge in [0.1, 0.15) is 0 Å². The molecule has 0 aromatic heterocycles. The molecule has 2 aromatic carbocycles. The van der Waals surface area contributed by atoms with Crippen molar-refractivity contribution in [3.05, 3.63) is 68.8 Å². The number of aliphatic hydroxyl groups excluding tert-OH is 1. The Morgan fingerprint density at radius 2 is 1.52 bits per heavy atom. The third-order valence-corrected chi connectivity index (χ3v) is 13.7. The van der Waals surface area contributed by atoms with Gasteiger partial charge in [0.25, 0.3) is 0 Å². The van der Waals surface area contributed by atoms with Crippen molar-refractivity contribution in [3.8, 4) is 0 Å². The third kappa shape index (κ3) is 9.06. The molecule has 234 valence electrons. The van der Waals surface area contributed by atoms with Crippen molar-refractivity contribution >= 4 is 24.0 Å². The van der Waals surface area contributed by atoms with Crippen LogP contribution in [0.3, 0.4) is 0 Å². The molecular formula is C30H38F6IN3O2. The second-order valence-corrected chi connectivity index (χ2v) is 16.1. The van der Waals surface area contributed by atoms with Gasteiger partial charge in [-0.3, -0.25) is 0 Å². The van der Waals surface area contributed by atoms with E-state index in [1.54, 1.807) is 7.05 Å². The van der Waals surface area contributed by atoms with Gasteiger partial charge in [0.15, 0.2) is 0 Å². The number of piperidine rings is 1. The van der Waals surface area contributed by atoms with E-state index in [0.717, 1.165) is 67.1 Å². The Kier molecular flexibility index (Phi) is 11.2. The number of carbonyl (C=O) groups excluding carboxylic acids is 1. The second kappa shape index (κ2) is 14.3. The molecule has 0 unspecified atom stereocenters. The molecule has 4 rings (SSSR count). The minimum absolute atomic E-state index is 0.00501.